The number of amides is 2. The van der Waals surface area contributed by atoms with E-state index in [4.69, 9.17) is 11.6 Å². The first-order chi connectivity index (χ1) is 18.1. The number of aryl methyl sites for hydroxylation is 1. The van der Waals surface area contributed by atoms with E-state index >= 15 is 0 Å². The second-order valence-corrected chi connectivity index (χ2v) is 11.2. The molecule has 2 aromatic heterocycles. The van der Waals surface area contributed by atoms with E-state index in [-0.39, 0.29) is 39.7 Å². The lowest BCUT2D eigenvalue weighted by molar-refractivity contribution is 0.262. The number of benzene rings is 2. The summed E-state index contributed by atoms with van der Waals surface area (Å²) in [5.74, 6) is -0.397. The minimum atomic E-state index is -3.14. The third-order valence-electron chi connectivity index (χ3n) is 5.70. The normalized spacial score (nSPS) is 11.4. The number of fused-ring (bicyclic) bond motifs is 1. The highest BCUT2D eigenvalue weighted by molar-refractivity contribution is 7.90. The van der Waals surface area contributed by atoms with E-state index in [0.717, 1.165) is 12.3 Å². The number of carbonyl (C=O) groups excluding carboxylic acids is 1. The van der Waals surface area contributed by atoms with Gasteiger partial charge in [-0.15, -0.1) is 0 Å². The molecule has 9 nitrogen and oxygen atoms in total. The average molecular weight is 558 g/mol. The number of aromatic nitrogens is 2. The summed E-state index contributed by atoms with van der Waals surface area (Å²) in [4.78, 5) is 30.2. The largest absolute Gasteiger partial charge is 0.369 e. The van der Waals surface area contributed by atoms with Gasteiger partial charge in [0.1, 0.15) is 21.5 Å². The molecule has 0 bridgehead atoms. The van der Waals surface area contributed by atoms with Crippen molar-refractivity contribution in [2.24, 2.45) is 0 Å². The molecular weight excluding hydrogens is 533 g/mol. The molecule has 12 heteroatoms. The number of hydrogen-bond acceptors (Lipinski definition) is 6. The summed E-state index contributed by atoms with van der Waals surface area (Å²) in [5, 5.41) is 8.65. The topological polar surface area (TPSA) is 122 Å². The zero-order valence-electron chi connectivity index (χ0n) is 20.6. The van der Waals surface area contributed by atoms with Crippen molar-refractivity contribution in [1.29, 1.82) is 0 Å². The molecule has 38 heavy (non-hydrogen) atoms. The van der Waals surface area contributed by atoms with Crippen molar-refractivity contribution in [3.8, 4) is 11.1 Å². The third kappa shape index (κ3) is 6.29. The molecule has 0 saturated carbocycles. The number of hydrogen-bond donors (Lipinski definition) is 3. The highest BCUT2D eigenvalue weighted by atomic mass is 35.5. The first kappa shape index (κ1) is 27.1. The number of anilines is 3. The standard InChI is InChI=1S/C26H25ClFN5O4S/c1-3-33-23-14-24(29-9-10-38(2,36)37)30-15-16(23)11-19(25(33)34)18-12-22(21(28)13-20(18)27)32-26(35)31-17-7-5-4-6-8-17/h4-8,11-15H,3,9-10H2,1-2H3,(H,29,30)(H2,31,32,35). The van der Waals surface area contributed by atoms with Crippen molar-refractivity contribution in [2.45, 2.75) is 13.5 Å². The molecule has 2 heterocycles. The van der Waals surface area contributed by atoms with Crippen molar-refractivity contribution in [3.63, 3.8) is 0 Å². The first-order valence-corrected chi connectivity index (χ1v) is 14.1. The minimum absolute atomic E-state index is 0.00245. The van der Waals surface area contributed by atoms with Gasteiger partial charge in [-0.1, -0.05) is 29.8 Å². The van der Waals surface area contributed by atoms with Crippen molar-refractivity contribution in [2.75, 3.05) is 34.5 Å². The quantitative estimate of drug-likeness (QED) is 0.281. The Morgan fingerprint density at radius 2 is 1.82 bits per heavy atom. The SMILES string of the molecule is CCn1c(=O)c(-c2cc(NC(=O)Nc3ccccc3)c(F)cc2Cl)cc2cnc(NCCS(C)(=O)=O)cc21. The van der Waals surface area contributed by atoms with Gasteiger partial charge in [-0.3, -0.25) is 4.79 Å². The first-order valence-electron chi connectivity index (χ1n) is 11.6. The Hall–Kier alpha value is -3.96. The third-order valence-corrected chi connectivity index (χ3v) is 6.96. The lowest BCUT2D eigenvalue weighted by atomic mass is 10.0. The number of nitrogens with one attached hydrogen (secondary N) is 3. The van der Waals surface area contributed by atoms with Crippen LogP contribution in [0.4, 0.5) is 26.4 Å². The predicted molar refractivity (Wildman–Crippen MR) is 149 cm³/mol. The lowest BCUT2D eigenvalue weighted by Gasteiger charge is -2.15. The molecule has 3 N–H and O–H groups in total. The molecule has 198 valence electrons. The Morgan fingerprint density at radius 1 is 1.08 bits per heavy atom. The molecule has 0 fully saturated rings. The van der Waals surface area contributed by atoms with Gasteiger partial charge in [0, 0.05) is 53.8 Å². The maximum absolute atomic E-state index is 14.7. The molecule has 4 aromatic rings. The number of nitrogens with zero attached hydrogens (tertiary/aromatic N) is 2. The molecule has 0 aliphatic rings. The maximum Gasteiger partial charge on any atom is 0.323 e. The number of urea groups is 1. The van der Waals surface area contributed by atoms with Crippen molar-refractivity contribution in [3.05, 3.63) is 82.0 Å². The summed E-state index contributed by atoms with van der Waals surface area (Å²) in [6.07, 6.45) is 2.70. The molecule has 4 rings (SSSR count). The molecule has 2 aromatic carbocycles. The Kier molecular flexibility index (Phi) is 7.98. The molecular formula is C26H25ClFN5O4S. The molecule has 0 saturated heterocycles. The summed E-state index contributed by atoms with van der Waals surface area (Å²) in [5.41, 5.74) is 1.03. The van der Waals surface area contributed by atoms with Crippen molar-refractivity contribution in [1.82, 2.24) is 9.55 Å². The van der Waals surface area contributed by atoms with Crippen LogP contribution in [0, 0.1) is 5.82 Å². The highest BCUT2D eigenvalue weighted by Gasteiger charge is 2.18. The summed E-state index contributed by atoms with van der Waals surface area (Å²) >= 11 is 6.35. The van der Waals surface area contributed by atoms with Crippen LogP contribution in [-0.4, -0.2) is 42.6 Å². The molecule has 0 spiro atoms. The van der Waals surface area contributed by atoms with Gasteiger partial charge in [0.25, 0.3) is 5.56 Å². The Labute approximate surface area is 223 Å². The fourth-order valence-electron chi connectivity index (χ4n) is 3.90. The monoisotopic (exact) mass is 557 g/mol. The summed E-state index contributed by atoms with van der Waals surface area (Å²) in [7, 11) is -3.14. The Morgan fingerprint density at radius 3 is 2.50 bits per heavy atom. The van der Waals surface area contributed by atoms with Crippen LogP contribution in [0.3, 0.4) is 0 Å². The summed E-state index contributed by atoms with van der Waals surface area (Å²) in [6, 6.07) is 13.6. The molecule has 2 amide bonds. The van der Waals surface area contributed by atoms with Crippen molar-refractivity contribution >= 4 is 55.6 Å². The van der Waals surface area contributed by atoms with Crippen LogP contribution in [0.1, 0.15) is 6.92 Å². The number of carbonyl (C=O) groups is 1. The minimum Gasteiger partial charge on any atom is -0.369 e. The van der Waals surface area contributed by atoms with E-state index in [0.29, 0.717) is 29.0 Å². The average Bonchev–Trinajstić information content (AvgIpc) is 2.85. The molecule has 0 aliphatic heterocycles. The van der Waals surface area contributed by atoms with Gasteiger partial charge in [-0.25, -0.2) is 22.6 Å². The molecule has 0 radical (unpaired) electrons. The van der Waals surface area contributed by atoms with E-state index in [1.165, 1.54) is 10.6 Å². The second kappa shape index (κ2) is 11.2. The molecule has 0 unspecified atom stereocenters. The molecule has 0 atom stereocenters. The fourth-order valence-corrected chi connectivity index (χ4v) is 4.62. The van der Waals surface area contributed by atoms with Gasteiger partial charge < -0.3 is 20.5 Å². The van der Waals surface area contributed by atoms with Crippen LogP contribution < -0.4 is 21.5 Å². The number of sulfone groups is 1. The van der Waals surface area contributed by atoms with E-state index in [1.54, 1.807) is 55.6 Å². The highest BCUT2D eigenvalue weighted by Crippen LogP contribution is 2.32. The van der Waals surface area contributed by atoms with E-state index in [9.17, 15) is 22.4 Å². The van der Waals surface area contributed by atoms with Crippen LogP contribution in [0.25, 0.3) is 22.0 Å². The van der Waals surface area contributed by atoms with Gasteiger partial charge >= 0.3 is 6.03 Å². The van der Waals surface area contributed by atoms with Crippen LogP contribution in [0.15, 0.2) is 65.6 Å². The summed E-state index contributed by atoms with van der Waals surface area (Å²) in [6.45, 7) is 2.29. The van der Waals surface area contributed by atoms with Gasteiger partial charge in [-0.2, -0.15) is 0 Å². The predicted octanol–water partition coefficient (Wildman–Crippen LogP) is 4.98. The van der Waals surface area contributed by atoms with Crippen LogP contribution >= 0.6 is 11.6 Å². The fraction of sp³-hybridized carbons (Fsp3) is 0.192. The Bertz CT molecular complexity index is 1680. The van der Waals surface area contributed by atoms with Crippen LogP contribution in [0.5, 0.6) is 0 Å². The van der Waals surface area contributed by atoms with Gasteiger partial charge in [-0.05, 0) is 37.3 Å². The smallest absolute Gasteiger partial charge is 0.323 e. The number of halogens is 2. The number of pyridine rings is 2. The zero-order valence-corrected chi connectivity index (χ0v) is 22.2. The maximum atomic E-state index is 14.7. The van der Waals surface area contributed by atoms with Crippen molar-refractivity contribution < 1.29 is 17.6 Å². The Balaban J connectivity index is 1.69. The van der Waals surface area contributed by atoms with E-state index < -0.39 is 21.7 Å². The van der Waals surface area contributed by atoms with Gasteiger partial charge in [0.05, 0.1) is 22.0 Å². The van der Waals surface area contributed by atoms with Gasteiger partial charge in [0.2, 0.25) is 0 Å². The van der Waals surface area contributed by atoms with Crippen LogP contribution in [0.2, 0.25) is 5.02 Å². The summed E-state index contributed by atoms with van der Waals surface area (Å²) < 4.78 is 39.0. The van der Waals surface area contributed by atoms with E-state index in [2.05, 4.69) is 20.9 Å². The number of para-hydroxylation sites is 1. The lowest BCUT2D eigenvalue weighted by Crippen LogP contribution is -2.22. The zero-order chi connectivity index (χ0) is 27.4. The second-order valence-electron chi connectivity index (χ2n) is 8.55. The number of rotatable bonds is 8. The van der Waals surface area contributed by atoms with Crippen LogP contribution in [-0.2, 0) is 16.4 Å². The van der Waals surface area contributed by atoms with Gasteiger partial charge in [0.15, 0.2) is 0 Å². The van der Waals surface area contributed by atoms with E-state index in [1.807, 2.05) is 0 Å². The molecule has 0 aliphatic carbocycles.